The quantitative estimate of drug-likeness (QED) is 0.278. The number of β-amino-alcohol motifs (C(OH)–C–C–N with tert-alkyl or cyclic N) is 1. The van der Waals surface area contributed by atoms with Crippen molar-refractivity contribution >= 4 is 5.78 Å². The monoisotopic (exact) mass is 595 g/mol. The third-order valence-corrected chi connectivity index (χ3v) is 14.3. The second kappa shape index (κ2) is 10.0. The first-order valence-corrected chi connectivity index (χ1v) is 17.3. The van der Waals surface area contributed by atoms with Gasteiger partial charge in [-0.25, -0.2) is 0 Å². The Bertz CT molecular complexity index is 1470. The molecule has 0 amide bonds. The van der Waals surface area contributed by atoms with Crippen LogP contribution in [0.25, 0.3) is 0 Å². The van der Waals surface area contributed by atoms with Gasteiger partial charge in [0.2, 0.25) is 5.78 Å². The smallest absolute Gasteiger partial charge is 0.224 e. The zero-order valence-electron chi connectivity index (χ0n) is 26.5. The van der Waals surface area contributed by atoms with Crippen LogP contribution in [0.5, 0.6) is 0 Å². The highest BCUT2D eigenvalue weighted by atomic mass is 16.3. The van der Waals surface area contributed by atoms with Crippen molar-refractivity contribution in [3.05, 3.63) is 83.9 Å². The molecule has 1 aromatic heterocycles. The van der Waals surface area contributed by atoms with Crippen molar-refractivity contribution in [2.24, 2.45) is 39.4 Å². The molecule has 234 valence electrons. The third-order valence-electron chi connectivity index (χ3n) is 14.3. The van der Waals surface area contributed by atoms with E-state index in [2.05, 4.69) is 67.3 Å². The van der Waals surface area contributed by atoms with Crippen LogP contribution in [-0.2, 0) is 6.42 Å². The molecule has 0 radical (unpaired) electrons. The fourth-order valence-electron chi connectivity index (χ4n) is 11.8. The molecule has 6 aliphatic carbocycles. The number of carbonyl (C=O) groups excluding carboxylic acids is 1. The van der Waals surface area contributed by atoms with Gasteiger partial charge < -0.3 is 19.5 Å². The number of furan rings is 1. The Morgan fingerprint density at radius 1 is 0.909 bits per heavy atom. The number of benzene rings is 1. The number of aliphatic hydroxyl groups is 2. The zero-order valence-corrected chi connectivity index (χ0v) is 26.5. The Hall–Kier alpha value is -2.47. The molecule has 2 aromatic rings. The Kier molecular flexibility index (Phi) is 6.59. The van der Waals surface area contributed by atoms with Crippen molar-refractivity contribution < 1.29 is 19.4 Å². The molecular weight excluding hydrogens is 546 g/mol. The summed E-state index contributed by atoms with van der Waals surface area (Å²) < 4.78 is 5.72. The van der Waals surface area contributed by atoms with Crippen LogP contribution in [0.2, 0.25) is 0 Å². The van der Waals surface area contributed by atoms with E-state index in [0.29, 0.717) is 24.0 Å². The van der Waals surface area contributed by atoms with E-state index in [1.54, 1.807) is 18.4 Å². The molecule has 2 N–H and O–H groups in total. The molecule has 1 aliphatic heterocycles. The molecule has 1 saturated heterocycles. The van der Waals surface area contributed by atoms with E-state index in [4.69, 9.17) is 4.42 Å². The van der Waals surface area contributed by atoms with Gasteiger partial charge in [0.25, 0.3) is 0 Å². The van der Waals surface area contributed by atoms with Crippen LogP contribution >= 0.6 is 0 Å². The molecule has 44 heavy (non-hydrogen) atoms. The molecule has 9 rings (SSSR count). The summed E-state index contributed by atoms with van der Waals surface area (Å²) in [5.41, 5.74) is 0.456. The standard InChI is InChI=1S/C39H49NO4/c1-35-15-10-29(41)24-37(35)18-19-39(30(25-37)34(42)31-9-6-22-44-31)32(35)11-16-36(2)33(39)12-17-38(36,43)26-40-20-13-28(14-21-40)23-27-7-4-3-5-8-27/h3-9,18-19,22,25,28-29,32-33,41,43H,10-17,20-21,23-24,26H2,1-2H3. The number of carbonyl (C=O) groups is 1. The second-order valence-electron chi connectivity index (χ2n) is 16.0. The lowest BCUT2D eigenvalue weighted by Crippen LogP contribution is -2.67. The van der Waals surface area contributed by atoms with E-state index in [0.717, 1.165) is 70.2 Å². The van der Waals surface area contributed by atoms with Crippen LogP contribution in [0.4, 0.5) is 0 Å². The normalized spacial score (nSPS) is 43.3. The van der Waals surface area contributed by atoms with E-state index < -0.39 is 11.0 Å². The molecule has 2 heterocycles. The molecule has 5 heteroatoms. The minimum atomic E-state index is -0.786. The van der Waals surface area contributed by atoms with E-state index >= 15 is 0 Å². The first kappa shape index (κ1) is 29.0. The summed E-state index contributed by atoms with van der Waals surface area (Å²) in [5.74, 6) is 1.58. The Morgan fingerprint density at radius 3 is 2.39 bits per heavy atom. The van der Waals surface area contributed by atoms with Crippen LogP contribution in [0.3, 0.4) is 0 Å². The predicted molar refractivity (Wildman–Crippen MR) is 171 cm³/mol. The molecule has 5 nitrogen and oxygen atoms in total. The molecule has 2 spiro atoms. The maximum atomic E-state index is 14.4. The number of ketones is 1. The summed E-state index contributed by atoms with van der Waals surface area (Å²) in [5, 5.41) is 23.6. The predicted octanol–water partition coefficient (Wildman–Crippen LogP) is 7.01. The molecule has 4 fully saturated rings. The van der Waals surface area contributed by atoms with Gasteiger partial charge in [-0.3, -0.25) is 4.79 Å². The van der Waals surface area contributed by atoms with Gasteiger partial charge in [-0.1, -0.05) is 62.4 Å². The van der Waals surface area contributed by atoms with E-state index in [-0.39, 0.29) is 34.1 Å². The van der Waals surface area contributed by atoms with Gasteiger partial charge in [-0.15, -0.1) is 0 Å². The van der Waals surface area contributed by atoms with Gasteiger partial charge in [0.1, 0.15) is 0 Å². The zero-order chi connectivity index (χ0) is 30.4. The average molecular weight is 596 g/mol. The summed E-state index contributed by atoms with van der Waals surface area (Å²) in [4.78, 5) is 16.9. The minimum absolute atomic E-state index is 0.00832. The summed E-state index contributed by atoms with van der Waals surface area (Å²) in [6.07, 6.45) is 17.9. The van der Waals surface area contributed by atoms with Gasteiger partial charge in [0.05, 0.1) is 18.0 Å². The van der Waals surface area contributed by atoms with Crippen molar-refractivity contribution in [3.63, 3.8) is 0 Å². The summed E-state index contributed by atoms with van der Waals surface area (Å²) >= 11 is 0. The number of likely N-dealkylation sites (tertiary alicyclic amines) is 1. The highest BCUT2D eigenvalue weighted by Gasteiger charge is 2.74. The Morgan fingerprint density at radius 2 is 1.64 bits per heavy atom. The SMILES string of the molecule is CC12CCC(O)CC13C=CC1(C(C(=O)c4ccco4)=C3)C2CCC2(C)C1CCC2(O)CN1CCC(Cc2ccccc2)CC1. The van der Waals surface area contributed by atoms with Crippen molar-refractivity contribution in [3.8, 4) is 0 Å². The number of fused-ring (bicyclic) bond motifs is 1. The number of Topliss-reactive ketones (excluding diaryl/α,β-unsaturated/α-hetero) is 1. The van der Waals surface area contributed by atoms with Crippen molar-refractivity contribution in [1.82, 2.24) is 4.90 Å². The van der Waals surface area contributed by atoms with Crippen molar-refractivity contribution in [2.45, 2.75) is 89.8 Å². The second-order valence-corrected chi connectivity index (χ2v) is 16.0. The van der Waals surface area contributed by atoms with Gasteiger partial charge in [-0.05, 0) is 118 Å². The molecular formula is C39H49NO4. The van der Waals surface area contributed by atoms with Crippen LogP contribution < -0.4 is 0 Å². The van der Waals surface area contributed by atoms with Crippen LogP contribution in [-0.4, -0.2) is 52.2 Å². The molecule has 1 aromatic carbocycles. The fourth-order valence-corrected chi connectivity index (χ4v) is 11.8. The summed E-state index contributed by atoms with van der Waals surface area (Å²) in [6, 6.07) is 14.5. The lowest BCUT2D eigenvalue weighted by molar-refractivity contribution is -0.177. The highest BCUT2D eigenvalue weighted by Crippen LogP contribution is 2.78. The van der Waals surface area contributed by atoms with E-state index in [9.17, 15) is 15.0 Å². The molecule has 8 atom stereocenters. The Labute approximate surface area is 262 Å². The summed E-state index contributed by atoms with van der Waals surface area (Å²) in [6.45, 7) is 7.60. The van der Waals surface area contributed by atoms with Crippen LogP contribution in [0, 0.1) is 39.4 Å². The van der Waals surface area contributed by atoms with Crippen LogP contribution in [0.15, 0.2) is 76.9 Å². The van der Waals surface area contributed by atoms with E-state index in [1.807, 2.05) is 0 Å². The molecule has 2 bridgehead atoms. The first-order chi connectivity index (χ1) is 21.1. The number of rotatable bonds is 6. The molecule has 7 aliphatic rings. The first-order valence-electron chi connectivity index (χ1n) is 17.3. The lowest BCUT2D eigenvalue weighted by atomic mass is 9.32. The molecule has 3 saturated carbocycles. The topological polar surface area (TPSA) is 73.9 Å². The van der Waals surface area contributed by atoms with Gasteiger partial charge >= 0.3 is 0 Å². The number of hydrogen-bond acceptors (Lipinski definition) is 5. The number of hydrogen-bond donors (Lipinski definition) is 2. The van der Waals surface area contributed by atoms with E-state index in [1.165, 1.54) is 18.4 Å². The number of aliphatic hydroxyl groups excluding tert-OH is 1. The lowest BCUT2D eigenvalue weighted by Gasteiger charge is -2.71. The van der Waals surface area contributed by atoms with Gasteiger partial charge in [-0.2, -0.15) is 0 Å². The van der Waals surface area contributed by atoms with Gasteiger partial charge in [0, 0.05) is 28.4 Å². The number of piperidine rings is 1. The fraction of sp³-hybridized carbons (Fsp3) is 0.615. The van der Waals surface area contributed by atoms with Gasteiger partial charge in [0.15, 0.2) is 5.76 Å². The average Bonchev–Trinajstić information content (AvgIpc) is 3.65. The number of allylic oxidation sites excluding steroid dienone is 4. The van der Waals surface area contributed by atoms with Crippen LogP contribution in [0.1, 0.15) is 87.8 Å². The minimum Gasteiger partial charge on any atom is -0.461 e. The maximum absolute atomic E-state index is 14.4. The molecule has 8 unspecified atom stereocenters. The van der Waals surface area contributed by atoms with Crippen molar-refractivity contribution in [1.29, 1.82) is 0 Å². The third kappa shape index (κ3) is 3.91. The number of nitrogens with zero attached hydrogens (tertiary/aromatic N) is 1. The largest absolute Gasteiger partial charge is 0.461 e. The Balaban J connectivity index is 1.10. The summed E-state index contributed by atoms with van der Waals surface area (Å²) in [7, 11) is 0. The van der Waals surface area contributed by atoms with Crippen molar-refractivity contribution in [2.75, 3.05) is 19.6 Å². The maximum Gasteiger partial charge on any atom is 0.224 e. The highest BCUT2D eigenvalue weighted by molar-refractivity contribution is 6.08.